The van der Waals surface area contributed by atoms with E-state index in [1.54, 1.807) is 18.0 Å². The van der Waals surface area contributed by atoms with Crippen molar-refractivity contribution in [2.75, 3.05) is 36.9 Å². The Morgan fingerprint density at radius 2 is 1.74 bits per heavy atom. The highest BCUT2D eigenvalue weighted by atomic mass is 16.5. The molecule has 1 atom stereocenters. The van der Waals surface area contributed by atoms with Crippen molar-refractivity contribution >= 4 is 29.1 Å². The summed E-state index contributed by atoms with van der Waals surface area (Å²) < 4.78 is 5.74. The van der Waals surface area contributed by atoms with E-state index in [4.69, 9.17) is 4.74 Å². The first kappa shape index (κ1) is 22.1. The van der Waals surface area contributed by atoms with Crippen molar-refractivity contribution < 1.29 is 19.1 Å². The third-order valence-corrected chi connectivity index (χ3v) is 5.12. The Labute approximate surface area is 182 Å². The van der Waals surface area contributed by atoms with Gasteiger partial charge in [0.15, 0.2) is 6.10 Å². The van der Waals surface area contributed by atoms with Crippen LogP contribution in [0, 0.1) is 20.8 Å². The topological polar surface area (TPSA) is 99.8 Å². The molecule has 1 unspecified atom stereocenters. The third-order valence-electron chi connectivity index (χ3n) is 5.12. The van der Waals surface area contributed by atoms with Crippen LogP contribution in [0.3, 0.4) is 0 Å². The van der Waals surface area contributed by atoms with Gasteiger partial charge in [0.25, 0.3) is 5.91 Å². The maximum absolute atomic E-state index is 12.5. The number of ether oxygens (including phenoxy) is 1. The minimum Gasteiger partial charge on any atom is -0.477 e. The molecule has 164 valence electrons. The first-order chi connectivity index (χ1) is 14.8. The van der Waals surface area contributed by atoms with Crippen LogP contribution in [-0.2, 0) is 14.4 Å². The second-order valence-electron chi connectivity index (χ2n) is 7.67. The van der Waals surface area contributed by atoms with Crippen molar-refractivity contribution in [2.45, 2.75) is 26.9 Å². The summed E-state index contributed by atoms with van der Waals surface area (Å²) in [7, 11) is 1.54. The number of carbonyl (C=O) groups is 3. The Morgan fingerprint density at radius 3 is 2.42 bits per heavy atom. The van der Waals surface area contributed by atoms with Gasteiger partial charge in [-0.25, -0.2) is 0 Å². The number of hydrogen-bond acceptors (Lipinski definition) is 5. The number of nitrogens with one attached hydrogen (secondary N) is 3. The fraction of sp³-hybridized carbons (Fsp3) is 0.348. The van der Waals surface area contributed by atoms with Crippen molar-refractivity contribution in [3.8, 4) is 5.75 Å². The van der Waals surface area contributed by atoms with Crippen molar-refractivity contribution in [3.63, 3.8) is 0 Å². The fourth-order valence-electron chi connectivity index (χ4n) is 3.72. The molecule has 0 spiro atoms. The Hall–Kier alpha value is -3.55. The Morgan fingerprint density at radius 1 is 1.06 bits per heavy atom. The van der Waals surface area contributed by atoms with E-state index in [0.717, 1.165) is 28.1 Å². The van der Waals surface area contributed by atoms with Crippen molar-refractivity contribution in [1.82, 2.24) is 10.6 Å². The molecule has 0 aromatic heterocycles. The summed E-state index contributed by atoms with van der Waals surface area (Å²) in [6.45, 7) is 5.97. The Balaban J connectivity index is 1.60. The lowest BCUT2D eigenvalue weighted by Crippen LogP contribution is -2.51. The molecule has 1 heterocycles. The largest absolute Gasteiger partial charge is 0.477 e. The number of aryl methyl sites for hydroxylation is 3. The first-order valence-electron chi connectivity index (χ1n) is 10.1. The standard InChI is InChI=1S/C23H28N4O4/c1-14-9-15(2)22(16(3)10-14)26-20(28)11-25-21(29)13-27-12-19(23(30)24-4)31-18-8-6-5-7-17(18)27/h5-10,19H,11-13H2,1-4H3,(H,24,30)(H,25,29)(H,26,28). The van der Waals surface area contributed by atoms with E-state index in [9.17, 15) is 14.4 Å². The molecule has 3 N–H and O–H groups in total. The summed E-state index contributed by atoms with van der Waals surface area (Å²) in [5.74, 6) is -0.338. The van der Waals surface area contributed by atoms with E-state index < -0.39 is 6.10 Å². The maximum atomic E-state index is 12.5. The highest BCUT2D eigenvalue weighted by Gasteiger charge is 2.31. The molecule has 0 radical (unpaired) electrons. The average molecular weight is 425 g/mol. The minimum atomic E-state index is -0.719. The number of benzene rings is 2. The number of nitrogens with zero attached hydrogens (tertiary/aromatic N) is 1. The molecule has 0 saturated carbocycles. The predicted octanol–water partition coefficient (Wildman–Crippen LogP) is 1.68. The first-order valence-corrected chi connectivity index (χ1v) is 10.1. The number of fused-ring (bicyclic) bond motifs is 1. The van der Waals surface area contributed by atoms with Gasteiger partial charge in [-0.15, -0.1) is 0 Å². The molecule has 0 bridgehead atoms. The van der Waals surface area contributed by atoms with Gasteiger partial charge >= 0.3 is 0 Å². The smallest absolute Gasteiger partial charge is 0.262 e. The van der Waals surface area contributed by atoms with Gasteiger partial charge < -0.3 is 25.6 Å². The van der Waals surface area contributed by atoms with Crippen LogP contribution in [0.1, 0.15) is 16.7 Å². The van der Waals surface area contributed by atoms with E-state index in [-0.39, 0.29) is 37.4 Å². The molecule has 3 rings (SSSR count). The van der Waals surface area contributed by atoms with Crippen LogP contribution in [0.15, 0.2) is 36.4 Å². The second-order valence-corrected chi connectivity index (χ2v) is 7.67. The van der Waals surface area contributed by atoms with Crippen LogP contribution in [-0.4, -0.2) is 50.5 Å². The van der Waals surface area contributed by atoms with Crippen molar-refractivity contribution in [1.29, 1.82) is 0 Å². The average Bonchev–Trinajstić information content (AvgIpc) is 2.74. The molecular weight excluding hydrogens is 396 g/mol. The molecule has 3 amide bonds. The highest BCUT2D eigenvalue weighted by molar-refractivity contribution is 5.96. The summed E-state index contributed by atoms with van der Waals surface area (Å²) in [6.07, 6.45) is -0.719. The molecule has 0 saturated heterocycles. The number of carbonyl (C=O) groups excluding carboxylic acids is 3. The summed E-state index contributed by atoms with van der Waals surface area (Å²) in [6, 6.07) is 11.2. The zero-order valence-electron chi connectivity index (χ0n) is 18.2. The minimum absolute atomic E-state index is 0.00371. The summed E-state index contributed by atoms with van der Waals surface area (Å²) in [5, 5.41) is 8.10. The lowest BCUT2D eigenvalue weighted by molar-refractivity contribution is -0.127. The van der Waals surface area contributed by atoms with E-state index in [0.29, 0.717) is 5.75 Å². The van der Waals surface area contributed by atoms with E-state index >= 15 is 0 Å². The molecule has 1 aliphatic heterocycles. The number of anilines is 2. The van der Waals surface area contributed by atoms with Gasteiger partial charge in [-0.3, -0.25) is 14.4 Å². The van der Waals surface area contributed by atoms with Crippen LogP contribution in [0.4, 0.5) is 11.4 Å². The molecule has 8 nitrogen and oxygen atoms in total. The summed E-state index contributed by atoms with van der Waals surface area (Å²) >= 11 is 0. The summed E-state index contributed by atoms with van der Waals surface area (Å²) in [5.41, 5.74) is 4.57. The molecule has 31 heavy (non-hydrogen) atoms. The fourth-order valence-corrected chi connectivity index (χ4v) is 3.72. The van der Waals surface area contributed by atoms with Crippen LogP contribution in [0.2, 0.25) is 0 Å². The number of amides is 3. The second kappa shape index (κ2) is 9.51. The monoisotopic (exact) mass is 424 g/mol. The third kappa shape index (κ3) is 5.33. The van der Waals surface area contributed by atoms with E-state index in [1.807, 2.05) is 51.1 Å². The van der Waals surface area contributed by atoms with Gasteiger partial charge in [-0.1, -0.05) is 29.8 Å². The zero-order valence-corrected chi connectivity index (χ0v) is 18.2. The molecule has 1 aliphatic rings. The molecule has 8 heteroatoms. The predicted molar refractivity (Wildman–Crippen MR) is 119 cm³/mol. The van der Waals surface area contributed by atoms with E-state index in [2.05, 4.69) is 16.0 Å². The number of hydrogen-bond donors (Lipinski definition) is 3. The van der Waals surface area contributed by atoms with Gasteiger partial charge in [0, 0.05) is 12.7 Å². The van der Waals surface area contributed by atoms with Gasteiger partial charge in [-0.2, -0.15) is 0 Å². The summed E-state index contributed by atoms with van der Waals surface area (Å²) in [4.78, 5) is 38.7. The van der Waals surface area contributed by atoms with E-state index in [1.165, 1.54) is 0 Å². The number of para-hydroxylation sites is 2. The number of rotatable bonds is 6. The van der Waals surface area contributed by atoms with Crippen molar-refractivity contribution in [2.24, 2.45) is 0 Å². The maximum Gasteiger partial charge on any atom is 0.262 e. The number of likely N-dealkylation sites (N-methyl/N-ethyl adjacent to an activating group) is 1. The molecular formula is C23H28N4O4. The van der Waals surface area contributed by atoms with Gasteiger partial charge in [0.05, 0.1) is 25.3 Å². The lowest BCUT2D eigenvalue weighted by atomic mass is 10.1. The van der Waals surface area contributed by atoms with Crippen LogP contribution in [0.25, 0.3) is 0 Å². The Kier molecular flexibility index (Phi) is 6.79. The van der Waals surface area contributed by atoms with Gasteiger partial charge in [0.2, 0.25) is 11.8 Å². The Bertz CT molecular complexity index is 982. The normalized spacial score (nSPS) is 14.8. The molecule has 2 aromatic carbocycles. The highest BCUT2D eigenvalue weighted by Crippen LogP contribution is 2.32. The van der Waals surface area contributed by atoms with Gasteiger partial charge in [0.1, 0.15) is 5.75 Å². The molecule has 0 fully saturated rings. The molecule has 2 aromatic rings. The van der Waals surface area contributed by atoms with Gasteiger partial charge in [-0.05, 0) is 44.0 Å². The van der Waals surface area contributed by atoms with Crippen molar-refractivity contribution in [3.05, 3.63) is 53.1 Å². The van der Waals surface area contributed by atoms with Crippen LogP contribution >= 0.6 is 0 Å². The zero-order chi connectivity index (χ0) is 22.5. The SMILES string of the molecule is CNC(=O)C1CN(CC(=O)NCC(=O)Nc2c(C)cc(C)cc2C)c2ccccc2O1. The van der Waals surface area contributed by atoms with Crippen LogP contribution in [0.5, 0.6) is 5.75 Å². The lowest BCUT2D eigenvalue weighted by Gasteiger charge is -2.34. The molecule has 0 aliphatic carbocycles. The quantitative estimate of drug-likeness (QED) is 0.655. The van der Waals surface area contributed by atoms with Crippen LogP contribution < -0.4 is 25.6 Å².